The van der Waals surface area contributed by atoms with Gasteiger partial charge in [-0.05, 0) is 68.6 Å². The molecule has 2 saturated heterocycles. The highest BCUT2D eigenvalue weighted by atomic mass is 35.5. The fraction of sp³-hybridized carbons (Fsp3) is 0.438. The lowest BCUT2D eigenvalue weighted by atomic mass is 9.88. The fourth-order valence-corrected chi connectivity index (χ4v) is 6.38. The topological polar surface area (TPSA) is 91.1 Å². The van der Waals surface area contributed by atoms with Gasteiger partial charge in [0.05, 0.1) is 24.9 Å². The molecular weight excluding hydrogens is 575 g/mol. The zero-order valence-corrected chi connectivity index (χ0v) is 24.7. The third-order valence-electron chi connectivity index (χ3n) is 8.71. The summed E-state index contributed by atoms with van der Waals surface area (Å²) >= 11 is 5.97. The average Bonchev–Trinajstić information content (AvgIpc) is 3.34. The zero-order valence-electron chi connectivity index (χ0n) is 23.9. The van der Waals surface area contributed by atoms with Gasteiger partial charge in [-0.3, -0.25) is 4.90 Å². The number of pyridine rings is 1. The largest absolute Gasteiger partial charge is 0.485 e. The van der Waals surface area contributed by atoms with Crippen molar-refractivity contribution in [3.63, 3.8) is 0 Å². The molecule has 0 spiro atoms. The van der Waals surface area contributed by atoms with Crippen LogP contribution in [0.5, 0.6) is 11.5 Å². The number of hydrogen-bond acceptors (Lipinski definition) is 8. The second kappa shape index (κ2) is 12.0. The summed E-state index contributed by atoms with van der Waals surface area (Å²) in [7, 11) is 1.45. The number of methoxy groups -OCH3 is 1. The number of para-hydroxylation sites is 1. The molecule has 1 N–H and O–H groups in total. The molecule has 3 aliphatic rings. The van der Waals surface area contributed by atoms with E-state index in [1.54, 1.807) is 18.2 Å². The Hall–Kier alpha value is -3.28. The highest BCUT2D eigenvalue weighted by molar-refractivity contribution is 6.30. The van der Waals surface area contributed by atoms with Gasteiger partial charge in [-0.2, -0.15) is 0 Å². The van der Waals surface area contributed by atoms with Crippen molar-refractivity contribution in [1.82, 2.24) is 19.4 Å². The number of likely N-dealkylation sites (tertiary alicyclic amines) is 1. The molecule has 2 unspecified atom stereocenters. The van der Waals surface area contributed by atoms with Crippen LogP contribution in [0.1, 0.15) is 60.2 Å². The van der Waals surface area contributed by atoms with Gasteiger partial charge in [0.25, 0.3) is 0 Å². The quantitative estimate of drug-likeness (QED) is 0.261. The number of hydrogen-bond donors (Lipinski definition) is 1. The predicted octanol–water partition coefficient (Wildman–Crippen LogP) is 5.54. The number of piperidine rings is 1. The van der Waals surface area contributed by atoms with E-state index in [9.17, 15) is 9.50 Å². The molecule has 7 rings (SSSR count). The molecule has 11 heteroatoms. The van der Waals surface area contributed by atoms with E-state index < -0.39 is 18.2 Å². The minimum absolute atomic E-state index is 0.136. The molecule has 2 aromatic carbocycles. The molecule has 0 amide bonds. The van der Waals surface area contributed by atoms with Crippen molar-refractivity contribution < 1.29 is 28.4 Å². The van der Waals surface area contributed by atoms with Crippen LogP contribution in [0.4, 0.5) is 4.39 Å². The summed E-state index contributed by atoms with van der Waals surface area (Å²) < 4.78 is 40.1. The first-order chi connectivity index (χ1) is 21.0. The van der Waals surface area contributed by atoms with Crippen LogP contribution in [0.15, 0.2) is 48.5 Å². The molecule has 43 heavy (non-hydrogen) atoms. The van der Waals surface area contributed by atoms with Crippen molar-refractivity contribution in [3.8, 4) is 11.5 Å². The van der Waals surface area contributed by atoms with E-state index in [1.807, 2.05) is 18.2 Å². The van der Waals surface area contributed by atoms with Gasteiger partial charge in [-0.1, -0.05) is 29.8 Å². The first-order valence-corrected chi connectivity index (χ1v) is 15.1. The first-order valence-electron chi connectivity index (χ1n) is 14.7. The smallest absolute Gasteiger partial charge is 0.198 e. The van der Waals surface area contributed by atoms with Crippen LogP contribution in [0.3, 0.4) is 0 Å². The van der Waals surface area contributed by atoms with Crippen molar-refractivity contribution in [2.45, 2.75) is 56.8 Å². The van der Waals surface area contributed by atoms with Crippen LogP contribution in [0.2, 0.25) is 5.02 Å². The Morgan fingerprint density at radius 1 is 1.09 bits per heavy atom. The van der Waals surface area contributed by atoms with Gasteiger partial charge in [0.1, 0.15) is 23.8 Å². The monoisotopic (exact) mass is 608 g/mol. The number of benzene rings is 2. The number of fused-ring (bicyclic) bond motifs is 2. The van der Waals surface area contributed by atoms with E-state index in [2.05, 4.69) is 15.5 Å². The second-order valence-corrected chi connectivity index (χ2v) is 11.8. The van der Waals surface area contributed by atoms with Gasteiger partial charge >= 0.3 is 0 Å². The van der Waals surface area contributed by atoms with Gasteiger partial charge in [0.15, 0.2) is 29.5 Å². The van der Waals surface area contributed by atoms with Crippen LogP contribution in [0, 0.1) is 5.82 Å². The van der Waals surface area contributed by atoms with E-state index in [0.29, 0.717) is 40.9 Å². The molecule has 0 bridgehead atoms. The number of ether oxygens (including phenoxy) is 4. The van der Waals surface area contributed by atoms with Gasteiger partial charge in [0.2, 0.25) is 0 Å². The van der Waals surface area contributed by atoms with Crippen LogP contribution in [0.25, 0.3) is 11.2 Å². The van der Waals surface area contributed by atoms with Crippen molar-refractivity contribution in [2.24, 2.45) is 0 Å². The molecule has 2 aromatic heterocycles. The molecule has 3 atom stereocenters. The number of aliphatic hydroxyl groups excluding tert-OH is 1. The Morgan fingerprint density at radius 2 is 1.93 bits per heavy atom. The van der Waals surface area contributed by atoms with E-state index >= 15 is 0 Å². The normalized spacial score (nSPS) is 21.6. The van der Waals surface area contributed by atoms with Crippen molar-refractivity contribution >= 4 is 22.8 Å². The Kier molecular flexibility index (Phi) is 7.96. The van der Waals surface area contributed by atoms with Crippen molar-refractivity contribution in [1.29, 1.82) is 0 Å². The second-order valence-electron chi connectivity index (χ2n) is 11.4. The number of halogens is 2. The standard InChI is InChI=1S/C32H34ClFN4O5/c1-40-32(39)26-8-7-25-31(36-26)38(16-21-11-14-41-21)29(35-25)17-37-12-9-19(10-13-37)22-3-2-4-27-30(22)43-28(18-42-27)23-6-5-20(33)15-24(23)34/h2-8,15,19,21,28,32,39H,9-14,16-18H2,1H3/t21-,28?,32?/m0/s1. The molecule has 3 aliphatic heterocycles. The third-order valence-corrected chi connectivity index (χ3v) is 8.95. The number of rotatable bonds is 8. The minimum atomic E-state index is -1.09. The molecule has 0 saturated carbocycles. The summed E-state index contributed by atoms with van der Waals surface area (Å²) in [6, 6.07) is 14.3. The number of aliphatic hydroxyl groups is 1. The SMILES string of the molecule is COC(O)c1ccc2nc(CN3CCC(c4cccc5c4OC(c4ccc(Cl)cc4F)CO5)CC3)n(C[C@@H]3CCO3)c2n1. The molecular formula is C32H34ClFN4O5. The minimum Gasteiger partial charge on any atom is -0.485 e. The molecule has 9 nitrogen and oxygen atoms in total. The maximum atomic E-state index is 14.7. The van der Waals surface area contributed by atoms with Crippen molar-refractivity contribution in [2.75, 3.05) is 33.4 Å². The third kappa shape index (κ3) is 5.70. The number of nitrogens with zero attached hydrogens (tertiary/aromatic N) is 4. The summed E-state index contributed by atoms with van der Waals surface area (Å²) in [6.07, 6.45) is 1.38. The van der Waals surface area contributed by atoms with E-state index in [-0.39, 0.29) is 18.6 Å². The van der Waals surface area contributed by atoms with Crippen LogP contribution >= 0.6 is 11.6 Å². The zero-order chi connectivity index (χ0) is 29.5. The van der Waals surface area contributed by atoms with Crippen LogP contribution < -0.4 is 9.47 Å². The van der Waals surface area contributed by atoms with E-state index in [4.69, 9.17) is 40.5 Å². The van der Waals surface area contributed by atoms with E-state index in [1.165, 1.54) is 13.2 Å². The molecule has 2 fully saturated rings. The molecule has 4 aromatic rings. The first kappa shape index (κ1) is 28.5. The van der Waals surface area contributed by atoms with Gasteiger partial charge in [-0.15, -0.1) is 0 Å². The maximum absolute atomic E-state index is 14.7. The summed E-state index contributed by atoms with van der Waals surface area (Å²) in [6.45, 7) is 4.13. The lowest BCUT2D eigenvalue weighted by Gasteiger charge is -2.35. The Labute approximate surface area is 254 Å². The number of aromatic nitrogens is 3. The Bertz CT molecular complexity index is 1620. The van der Waals surface area contributed by atoms with Crippen LogP contribution in [-0.2, 0) is 22.6 Å². The molecule has 0 radical (unpaired) electrons. The predicted molar refractivity (Wildman–Crippen MR) is 158 cm³/mol. The summed E-state index contributed by atoms with van der Waals surface area (Å²) in [5.74, 6) is 2.22. The van der Waals surface area contributed by atoms with Crippen molar-refractivity contribution in [3.05, 3.63) is 82.0 Å². The maximum Gasteiger partial charge on any atom is 0.198 e. The highest BCUT2D eigenvalue weighted by Gasteiger charge is 2.32. The van der Waals surface area contributed by atoms with Crippen LogP contribution in [-0.4, -0.2) is 64.1 Å². The Morgan fingerprint density at radius 3 is 2.67 bits per heavy atom. The van der Waals surface area contributed by atoms with Gasteiger partial charge in [-0.25, -0.2) is 14.4 Å². The lowest BCUT2D eigenvalue weighted by Crippen LogP contribution is -2.35. The van der Waals surface area contributed by atoms with Gasteiger partial charge in [0, 0.05) is 29.9 Å². The fourth-order valence-electron chi connectivity index (χ4n) is 6.22. The average molecular weight is 609 g/mol. The van der Waals surface area contributed by atoms with E-state index in [0.717, 1.165) is 61.5 Å². The summed E-state index contributed by atoms with van der Waals surface area (Å²) in [4.78, 5) is 12.0. The number of imidazole rings is 1. The molecule has 0 aliphatic carbocycles. The Balaban J connectivity index is 1.07. The lowest BCUT2D eigenvalue weighted by molar-refractivity contribution is -0.0797. The van der Waals surface area contributed by atoms with Gasteiger partial charge < -0.3 is 28.6 Å². The molecule has 5 heterocycles. The summed E-state index contributed by atoms with van der Waals surface area (Å²) in [5, 5.41) is 10.5. The molecule has 226 valence electrons. The highest BCUT2D eigenvalue weighted by Crippen LogP contribution is 2.45. The summed E-state index contributed by atoms with van der Waals surface area (Å²) in [5.41, 5.74) is 3.51.